The number of anilines is 2. The fourth-order valence-corrected chi connectivity index (χ4v) is 5.14. The number of benzene rings is 2. The summed E-state index contributed by atoms with van der Waals surface area (Å²) in [7, 11) is 1.60. The van der Waals surface area contributed by atoms with E-state index in [1.54, 1.807) is 23.8 Å². The Kier molecular flexibility index (Phi) is 6.62. The van der Waals surface area contributed by atoms with Crippen LogP contribution in [0.25, 0.3) is 5.69 Å². The van der Waals surface area contributed by atoms with Gasteiger partial charge in [0.2, 0.25) is 5.91 Å². The molecule has 164 valence electrons. The summed E-state index contributed by atoms with van der Waals surface area (Å²) >= 11 is 3.06. The van der Waals surface area contributed by atoms with Crippen LogP contribution in [0.15, 0.2) is 65.4 Å². The number of hydrogen-bond acceptors (Lipinski definition) is 6. The lowest BCUT2D eigenvalue weighted by atomic mass is 10.1. The molecule has 0 saturated heterocycles. The van der Waals surface area contributed by atoms with E-state index in [9.17, 15) is 4.79 Å². The number of imidazole rings is 1. The summed E-state index contributed by atoms with van der Waals surface area (Å²) in [4.78, 5) is 23.3. The third-order valence-corrected chi connectivity index (χ3v) is 6.97. The summed E-state index contributed by atoms with van der Waals surface area (Å²) < 4.78 is 7.52. The molecule has 4 rings (SSSR count). The molecule has 0 aliphatic carbocycles. The number of thioether (sulfide) groups is 1. The molecule has 0 aliphatic rings. The van der Waals surface area contributed by atoms with Gasteiger partial charge >= 0.3 is 0 Å². The van der Waals surface area contributed by atoms with Gasteiger partial charge in [-0.25, -0.2) is 9.97 Å². The van der Waals surface area contributed by atoms with Crippen molar-refractivity contribution in [2.45, 2.75) is 31.7 Å². The monoisotopic (exact) mass is 464 g/mol. The van der Waals surface area contributed by atoms with Crippen molar-refractivity contribution >= 4 is 39.8 Å². The number of carbonyl (C=O) groups is 1. The molecule has 2 aromatic carbocycles. The number of carbonyl (C=O) groups excluding carboxylic acids is 1. The van der Waals surface area contributed by atoms with Crippen molar-refractivity contribution in [1.82, 2.24) is 14.5 Å². The smallest absolute Gasteiger partial charge is 0.230 e. The van der Waals surface area contributed by atoms with Crippen LogP contribution in [0, 0.1) is 13.8 Å². The number of hydrogen-bond donors (Lipinski definition) is 0. The van der Waals surface area contributed by atoms with Gasteiger partial charge in [-0.3, -0.25) is 14.3 Å². The molecule has 32 heavy (non-hydrogen) atoms. The highest BCUT2D eigenvalue weighted by atomic mass is 32.2. The molecule has 0 spiro atoms. The molecule has 0 saturated carbocycles. The maximum atomic E-state index is 12.4. The zero-order chi connectivity index (χ0) is 22.7. The van der Waals surface area contributed by atoms with Gasteiger partial charge in [0, 0.05) is 36.1 Å². The third-order valence-electron chi connectivity index (χ3n) is 5.10. The number of aromatic nitrogens is 3. The minimum absolute atomic E-state index is 0.117. The van der Waals surface area contributed by atoms with Gasteiger partial charge in [0.25, 0.3) is 0 Å². The van der Waals surface area contributed by atoms with Crippen molar-refractivity contribution in [1.29, 1.82) is 0 Å². The van der Waals surface area contributed by atoms with Crippen molar-refractivity contribution < 1.29 is 9.53 Å². The van der Waals surface area contributed by atoms with Crippen LogP contribution in [-0.2, 0) is 10.5 Å². The molecular formula is C24H24N4O2S2. The number of methoxy groups -OCH3 is 1. The number of rotatable bonds is 7. The van der Waals surface area contributed by atoms with Gasteiger partial charge in [-0.05, 0) is 49.2 Å². The molecule has 0 bridgehead atoms. The van der Waals surface area contributed by atoms with Gasteiger partial charge in [-0.1, -0.05) is 30.0 Å². The second-order valence-electron chi connectivity index (χ2n) is 7.28. The number of thiazole rings is 1. The SMILES string of the molecule is COc1ccccc1N(C(C)=O)c1nc(CSc2nccn2-c2ccc(C)c(C)c2)cs1. The molecule has 4 aromatic rings. The Morgan fingerprint density at radius 3 is 2.75 bits per heavy atom. The Balaban J connectivity index is 1.54. The van der Waals surface area contributed by atoms with E-state index in [1.165, 1.54) is 29.4 Å². The van der Waals surface area contributed by atoms with E-state index in [-0.39, 0.29) is 5.91 Å². The highest BCUT2D eigenvalue weighted by molar-refractivity contribution is 7.98. The van der Waals surface area contributed by atoms with E-state index in [1.807, 2.05) is 42.0 Å². The summed E-state index contributed by atoms with van der Waals surface area (Å²) in [5.74, 6) is 1.16. The van der Waals surface area contributed by atoms with Crippen LogP contribution >= 0.6 is 23.1 Å². The molecular weight excluding hydrogens is 440 g/mol. The predicted octanol–water partition coefficient (Wildman–Crippen LogP) is 5.93. The summed E-state index contributed by atoms with van der Waals surface area (Å²) in [5.41, 5.74) is 5.18. The van der Waals surface area contributed by atoms with E-state index in [0.717, 1.165) is 16.5 Å². The predicted molar refractivity (Wildman–Crippen MR) is 131 cm³/mol. The maximum Gasteiger partial charge on any atom is 0.230 e. The number of nitrogens with zero attached hydrogens (tertiary/aromatic N) is 4. The lowest BCUT2D eigenvalue weighted by molar-refractivity contribution is -0.115. The average molecular weight is 465 g/mol. The van der Waals surface area contributed by atoms with E-state index >= 15 is 0 Å². The first kappa shape index (κ1) is 22.1. The fourth-order valence-electron chi connectivity index (χ4n) is 3.29. The molecule has 6 nitrogen and oxygen atoms in total. The van der Waals surface area contributed by atoms with E-state index in [4.69, 9.17) is 9.72 Å². The lowest BCUT2D eigenvalue weighted by Gasteiger charge is -2.20. The molecule has 0 unspecified atom stereocenters. The zero-order valence-electron chi connectivity index (χ0n) is 18.4. The van der Waals surface area contributed by atoms with Crippen LogP contribution in [-0.4, -0.2) is 27.6 Å². The van der Waals surface area contributed by atoms with Crippen LogP contribution < -0.4 is 9.64 Å². The number of amides is 1. The van der Waals surface area contributed by atoms with E-state index < -0.39 is 0 Å². The first-order chi connectivity index (χ1) is 15.5. The minimum Gasteiger partial charge on any atom is -0.495 e. The van der Waals surface area contributed by atoms with Gasteiger partial charge in [-0.2, -0.15) is 0 Å². The van der Waals surface area contributed by atoms with Crippen molar-refractivity contribution in [3.8, 4) is 11.4 Å². The molecule has 2 heterocycles. The van der Waals surface area contributed by atoms with Crippen LogP contribution in [0.3, 0.4) is 0 Å². The molecule has 0 fully saturated rings. The Morgan fingerprint density at radius 1 is 1.19 bits per heavy atom. The molecule has 0 N–H and O–H groups in total. The highest BCUT2D eigenvalue weighted by Gasteiger charge is 2.21. The van der Waals surface area contributed by atoms with Crippen LogP contribution in [0.4, 0.5) is 10.8 Å². The standard InChI is InChI=1S/C24H24N4O2S2/c1-16-9-10-20(13-17(16)2)27-12-11-25-23(27)31-14-19-15-32-24(26-19)28(18(3)29)21-7-5-6-8-22(21)30-4/h5-13,15H,14H2,1-4H3. The van der Waals surface area contributed by atoms with Gasteiger partial charge < -0.3 is 4.74 Å². The third kappa shape index (κ3) is 4.56. The van der Waals surface area contributed by atoms with Gasteiger partial charge in [-0.15, -0.1) is 11.3 Å². The minimum atomic E-state index is -0.117. The Labute approximate surface area is 195 Å². The number of para-hydroxylation sites is 2. The van der Waals surface area contributed by atoms with Gasteiger partial charge in [0.05, 0.1) is 18.5 Å². The summed E-state index contributed by atoms with van der Waals surface area (Å²) in [6, 6.07) is 13.8. The van der Waals surface area contributed by atoms with E-state index in [0.29, 0.717) is 22.3 Å². The molecule has 8 heteroatoms. The van der Waals surface area contributed by atoms with Crippen molar-refractivity contribution in [2.24, 2.45) is 0 Å². The summed E-state index contributed by atoms with van der Waals surface area (Å²) in [5, 5.41) is 3.50. The second kappa shape index (κ2) is 9.58. The van der Waals surface area contributed by atoms with Crippen molar-refractivity contribution in [3.63, 3.8) is 0 Å². The first-order valence-electron chi connectivity index (χ1n) is 10.1. The number of ether oxygens (including phenoxy) is 1. The Morgan fingerprint density at radius 2 is 2.00 bits per heavy atom. The average Bonchev–Trinajstić information content (AvgIpc) is 3.44. The van der Waals surface area contributed by atoms with E-state index in [2.05, 4.69) is 41.6 Å². The fraction of sp³-hybridized carbons (Fsp3) is 0.208. The summed E-state index contributed by atoms with van der Waals surface area (Å²) in [6.07, 6.45) is 3.78. The quantitative estimate of drug-likeness (QED) is 0.317. The highest BCUT2D eigenvalue weighted by Crippen LogP contribution is 2.36. The molecule has 0 aliphatic heterocycles. The normalized spacial score (nSPS) is 10.9. The number of aryl methyl sites for hydroxylation is 2. The largest absolute Gasteiger partial charge is 0.495 e. The first-order valence-corrected chi connectivity index (χ1v) is 12.0. The Bertz CT molecular complexity index is 1250. The van der Waals surface area contributed by atoms with Crippen molar-refractivity contribution in [3.05, 3.63) is 77.1 Å². The molecule has 0 radical (unpaired) electrons. The lowest BCUT2D eigenvalue weighted by Crippen LogP contribution is -2.23. The van der Waals surface area contributed by atoms with Crippen LogP contribution in [0.2, 0.25) is 0 Å². The molecule has 1 amide bonds. The van der Waals surface area contributed by atoms with Gasteiger partial charge in [0.1, 0.15) is 5.75 Å². The zero-order valence-corrected chi connectivity index (χ0v) is 20.0. The maximum absolute atomic E-state index is 12.4. The van der Waals surface area contributed by atoms with Crippen LogP contribution in [0.1, 0.15) is 23.7 Å². The Hall–Kier alpha value is -3.10. The van der Waals surface area contributed by atoms with Crippen molar-refractivity contribution in [2.75, 3.05) is 12.0 Å². The molecule has 0 atom stereocenters. The topological polar surface area (TPSA) is 60.2 Å². The second-order valence-corrected chi connectivity index (χ2v) is 9.06. The van der Waals surface area contributed by atoms with Gasteiger partial charge in [0.15, 0.2) is 10.3 Å². The molecule has 2 aromatic heterocycles. The summed E-state index contributed by atoms with van der Waals surface area (Å²) in [6.45, 7) is 5.75. The van der Waals surface area contributed by atoms with Crippen LogP contribution in [0.5, 0.6) is 5.75 Å².